The van der Waals surface area contributed by atoms with Crippen LogP contribution in [0, 0.1) is 12.7 Å². The summed E-state index contributed by atoms with van der Waals surface area (Å²) in [6.45, 7) is 5.42. The first-order valence-corrected chi connectivity index (χ1v) is 7.86. The average Bonchev–Trinajstić information content (AvgIpc) is 2.91. The Labute approximate surface area is 137 Å². The number of likely N-dealkylation sites (N-methyl/N-ethyl adjacent to an activating group) is 1. The molecule has 1 aliphatic rings. The molecule has 4 rings (SSSR count). The van der Waals surface area contributed by atoms with Crippen molar-refractivity contribution in [3.8, 4) is 0 Å². The van der Waals surface area contributed by atoms with Gasteiger partial charge in [-0.2, -0.15) is 4.52 Å². The number of nitrogens with zero attached hydrogens (tertiary/aromatic N) is 6. The third-order valence-corrected chi connectivity index (χ3v) is 4.48. The zero-order chi connectivity index (χ0) is 16.1. The first kappa shape index (κ1) is 14.6. The highest BCUT2D eigenvalue weighted by Crippen LogP contribution is 2.27. The van der Waals surface area contributed by atoms with Gasteiger partial charge in [-0.3, -0.25) is 0 Å². The van der Waals surface area contributed by atoms with Crippen molar-refractivity contribution in [3.05, 3.63) is 28.8 Å². The van der Waals surface area contributed by atoms with Crippen molar-refractivity contribution in [1.82, 2.24) is 24.5 Å². The highest BCUT2D eigenvalue weighted by Gasteiger charge is 2.21. The van der Waals surface area contributed by atoms with E-state index in [1.54, 1.807) is 10.6 Å². The number of halogens is 2. The Balaban J connectivity index is 1.97. The fourth-order valence-corrected chi connectivity index (χ4v) is 3.07. The topological polar surface area (TPSA) is 49.6 Å². The lowest BCUT2D eigenvalue weighted by Gasteiger charge is -2.33. The number of fused-ring (bicyclic) bond motifs is 3. The number of piperazine rings is 1. The molecule has 0 atom stereocenters. The summed E-state index contributed by atoms with van der Waals surface area (Å²) in [5, 5.41) is 5.23. The van der Waals surface area contributed by atoms with E-state index in [4.69, 9.17) is 11.6 Å². The van der Waals surface area contributed by atoms with Gasteiger partial charge in [0, 0.05) is 37.6 Å². The number of hydrogen-bond acceptors (Lipinski definition) is 5. The van der Waals surface area contributed by atoms with Crippen molar-refractivity contribution in [1.29, 1.82) is 0 Å². The van der Waals surface area contributed by atoms with Gasteiger partial charge in [0.15, 0.2) is 5.65 Å². The van der Waals surface area contributed by atoms with E-state index >= 15 is 0 Å². The molecule has 3 aromatic rings. The molecule has 1 aliphatic heterocycles. The van der Waals surface area contributed by atoms with Crippen molar-refractivity contribution in [2.45, 2.75) is 6.92 Å². The summed E-state index contributed by atoms with van der Waals surface area (Å²) in [5.74, 6) is 0.870. The molecule has 0 N–H and O–H groups in total. The molecule has 0 radical (unpaired) electrons. The molecular weight excluding hydrogens is 319 g/mol. The van der Waals surface area contributed by atoms with Crippen LogP contribution in [-0.2, 0) is 0 Å². The van der Waals surface area contributed by atoms with E-state index in [1.807, 2.05) is 6.92 Å². The van der Waals surface area contributed by atoms with Crippen molar-refractivity contribution >= 4 is 34.1 Å². The van der Waals surface area contributed by atoms with Crippen LogP contribution in [0.3, 0.4) is 0 Å². The van der Waals surface area contributed by atoms with Crippen LogP contribution in [0.25, 0.3) is 16.6 Å². The third kappa shape index (κ3) is 2.40. The van der Waals surface area contributed by atoms with E-state index in [0.717, 1.165) is 26.2 Å². The summed E-state index contributed by atoms with van der Waals surface area (Å²) < 4.78 is 15.6. The second-order valence-corrected chi connectivity index (χ2v) is 6.29. The van der Waals surface area contributed by atoms with Gasteiger partial charge in [0.1, 0.15) is 11.6 Å². The molecule has 0 aliphatic carbocycles. The number of aryl methyl sites for hydroxylation is 1. The number of rotatable bonds is 1. The highest BCUT2D eigenvalue weighted by atomic mass is 35.5. The summed E-state index contributed by atoms with van der Waals surface area (Å²) in [4.78, 5) is 13.5. The zero-order valence-electron chi connectivity index (χ0n) is 12.9. The Morgan fingerprint density at radius 2 is 1.87 bits per heavy atom. The lowest BCUT2D eigenvalue weighted by atomic mass is 10.2. The monoisotopic (exact) mass is 334 g/mol. The quantitative estimate of drug-likeness (QED) is 0.682. The summed E-state index contributed by atoms with van der Waals surface area (Å²) in [6.07, 6.45) is 0. The van der Waals surface area contributed by atoms with Crippen LogP contribution in [0.15, 0.2) is 12.1 Å². The molecule has 23 heavy (non-hydrogen) atoms. The Morgan fingerprint density at radius 1 is 1.13 bits per heavy atom. The van der Waals surface area contributed by atoms with Crippen LogP contribution in [-0.4, -0.2) is 57.7 Å². The van der Waals surface area contributed by atoms with Crippen LogP contribution < -0.4 is 4.90 Å². The fraction of sp³-hybridized carbons (Fsp3) is 0.400. The van der Waals surface area contributed by atoms with E-state index in [1.165, 1.54) is 6.07 Å². The first-order valence-electron chi connectivity index (χ1n) is 7.48. The Hall–Kier alpha value is -1.99. The maximum Gasteiger partial charge on any atom is 0.229 e. The smallest absolute Gasteiger partial charge is 0.229 e. The molecule has 0 saturated carbocycles. The fourth-order valence-electron chi connectivity index (χ4n) is 2.90. The summed E-state index contributed by atoms with van der Waals surface area (Å²) in [7, 11) is 2.09. The maximum absolute atomic E-state index is 13.8. The molecular formula is C15H16ClFN6. The van der Waals surface area contributed by atoms with Crippen LogP contribution in [0.1, 0.15) is 5.82 Å². The SMILES string of the molecule is Cc1nc2c3cc(Cl)c(F)cc3nc(N3CCN(C)CC3)n2n1. The lowest BCUT2D eigenvalue weighted by Crippen LogP contribution is -2.45. The lowest BCUT2D eigenvalue weighted by molar-refractivity contribution is 0.310. The van der Waals surface area contributed by atoms with E-state index < -0.39 is 5.82 Å². The highest BCUT2D eigenvalue weighted by molar-refractivity contribution is 6.31. The van der Waals surface area contributed by atoms with Gasteiger partial charge in [0.05, 0.1) is 10.5 Å². The van der Waals surface area contributed by atoms with E-state index in [9.17, 15) is 4.39 Å². The maximum atomic E-state index is 13.8. The molecule has 0 spiro atoms. The molecule has 8 heteroatoms. The van der Waals surface area contributed by atoms with Crippen molar-refractivity contribution in [3.63, 3.8) is 0 Å². The predicted molar refractivity (Wildman–Crippen MR) is 87.7 cm³/mol. The van der Waals surface area contributed by atoms with Gasteiger partial charge in [-0.05, 0) is 20.0 Å². The minimum absolute atomic E-state index is 0.0641. The molecule has 1 fully saturated rings. The summed E-state index contributed by atoms with van der Waals surface area (Å²) in [5.41, 5.74) is 1.20. The number of hydrogen-bond donors (Lipinski definition) is 0. The second kappa shape index (κ2) is 5.28. The van der Waals surface area contributed by atoms with Gasteiger partial charge < -0.3 is 9.80 Å². The van der Waals surface area contributed by atoms with Crippen molar-refractivity contribution in [2.75, 3.05) is 38.1 Å². The number of anilines is 1. The Morgan fingerprint density at radius 3 is 2.61 bits per heavy atom. The van der Waals surface area contributed by atoms with Gasteiger partial charge >= 0.3 is 0 Å². The second-order valence-electron chi connectivity index (χ2n) is 5.88. The van der Waals surface area contributed by atoms with Crippen LogP contribution in [0.4, 0.5) is 10.3 Å². The molecule has 0 bridgehead atoms. The Bertz CT molecular complexity index is 900. The molecule has 6 nitrogen and oxygen atoms in total. The summed E-state index contributed by atoms with van der Waals surface area (Å²) in [6, 6.07) is 2.93. The van der Waals surface area contributed by atoms with Crippen LogP contribution in [0.5, 0.6) is 0 Å². The van der Waals surface area contributed by atoms with E-state index in [2.05, 4.69) is 31.9 Å². The predicted octanol–water partition coefficient (Wildman–Crippen LogP) is 2.13. The van der Waals surface area contributed by atoms with Gasteiger partial charge in [0.25, 0.3) is 0 Å². The zero-order valence-corrected chi connectivity index (χ0v) is 13.7. The van der Waals surface area contributed by atoms with Gasteiger partial charge in [0.2, 0.25) is 5.95 Å². The molecule has 1 saturated heterocycles. The molecule has 1 aromatic carbocycles. The van der Waals surface area contributed by atoms with E-state index in [0.29, 0.717) is 28.3 Å². The van der Waals surface area contributed by atoms with Crippen LogP contribution in [0.2, 0.25) is 5.02 Å². The van der Waals surface area contributed by atoms with Crippen LogP contribution >= 0.6 is 11.6 Å². The third-order valence-electron chi connectivity index (χ3n) is 4.19. The van der Waals surface area contributed by atoms with Gasteiger partial charge in [-0.15, -0.1) is 5.10 Å². The minimum Gasteiger partial charge on any atom is -0.338 e. The normalized spacial score (nSPS) is 16.6. The van der Waals surface area contributed by atoms with Gasteiger partial charge in [-0.25, -0.2) is 14.4 Å². The molecule has 3 heterocycles. The molecule has 2 aromatic heterocycles. The average molecular weight is 335 g/mol. The first-order chi connectivity index (χ1) is 11.0. The summed E-state index contributed by atoms with van der Waals surface area (Å²) >= 11 is 5.92. The van der Waals surface area contributed by atoms with E-state index in [-0.39, 0.29) is 5.02 Å². The molecule has 120 valence electrons. The largest absolute Gasteiger partial charge is 0.338 e. The standard InChI is InChI=1S/C15H16ClFN6/c1-9-18-14-10-7-11(16)12(17)8-13(10)19-15(23(14)20-9)22-5-3-21(2)4-6-22/h7-8H,3-6H2,1-2H3. The molecule has 0 amide bonds. The molecule has 0 unspecified atom stereocenters. The van der Waals surface area contributed by atoms with Gasteiger partial charge in [-0.1, -0.05) is 11.6 Å². The Kier molecular flexibility index (Phi) is 3.35. The van der Waals surface area contributed by atoms with Crippen molar-refractivity contribution in [2.24, 2.45) is 0 Å². The number of benzene rings is 1. The number of aromatic nitrogens is 4. The van der Waals surface area contributed by atoms with Crippen molar-refractivity contribution < 1.29 is 4.39 Å². The minimum atomic E-state index is -0.475.